The van der Waals surface area contributed by atoms with Gasteiger partial charge in [-0.2, -0.15) is 0 Å². The number of benzene rings is 1. The van der Waals surface area contributed by atoms with Crippen molar-refractivity contribution in [3.63, 3.8) is 0 Å². The van der Waals surface area contributed by atoms with Crippen LogP contribution in [0.15, 0.2) is 12.1 Å². The number of hydrogen-bond donors (Lipinski definition) is 0. The smallest absolute Gasteiger partial charge is 0.494 e. The minimum Gasteiger partial charge on any atom is -0.494 e. The van der Waals surface area contributed by atoms with Crippen LogP contribution in [0.25, 0.3) is 0 Å². The SMILES string of the molecule is COc1c(B2OC(C)(C)C(C)(C)O2)ccc(N2CCC3(CC2)CC(C(OC)OC)C3)c1F. The number of hydrogen-bond acceptors (Lipinski definition) is 6. The van der Waals surface area contributed by atoms with Crippen LogP contribution in [0, 0.1) is 17.2 Å². The summed E-state index contributed by atoms with van der Waals surface area (Å²) in [5.41, 5.74) is 0.515. The molecule has 1 saturated carbocycles. The molecule has 1 aromatic rings. The molecule has 1 aromatic carbocycles. The van der Waals surface area contributed by atoms with Crippen molar-refractivity contribution in [2.45, 2.75) is 70.9 Å². The number of ether oxygens (including phenoxy) is 3. The van der Waals surface area contributed by atoms with E-state index in [0.717, 1.165) is 38.8 Å². The lowest BCUT2D eigenvalue weighted by atomic mass is 9.57. The van der Waals surface area contributed by atoms with E-state index in [2.05, 4.69) is 4.90 Å². The van der Waals surface area contributed by atoms with Gasteiger partial charge in [-0.15, -0.1) is 0 Å². The fourth-order valence-electron chi connectivity index (χ4n) is 5.52. The third kappa shape index (κ3) is 3.93. The molecule has 3 fully saturated rings. The summed E-state index contributed by atoms with van der Waals surface area (Å²) in [6, 6.07) is 3.72. The Labute approximate surface area is 191 Å². The Kier molecular flexibility index (Phi) is 6.29. The molecule has 0 aromatic heterocycles. The molecule has 8 heteroatoms. The lowest BCUT2D eigenvalue weighted by Crippen LogP contribution is -2.50. The highest BCUT2D eigenvalue weighted by Gasteiger charge is 2.53. The quantitative estimate of drug-likeness (QED) is 0.487. The molecule has 6 nitrogen and oxygen atoms in total. The summed E-state index contributed by atoms with van der Waals surface area (Å²) in [4.78, 5) is 2.13. The highest BCUT2D eigenvalue weighted by Crippen LogP contribution is 2.54. The molecule has 0 atom stereocenters. The molecular weight excluding hydrogens is 412 g/mol. The van der Waals surface area contributed by atoms with Crippen molar-refractivity contribution in [1.82, 2.24) is 0 Å². The maximum absolute atomic E-state index is 15.6. The predicted molar refractivity (Wildman–Crippen MR) is 123 cm³/mol. The van der Waals surface area contributed by atoms with E-state index >= 15 is 4.39 Å². The second-order valence-corrected chi connectivity index (χ2v) is 10.6. The lowest BCUT2D eigenvalue weighted by molar-refractivity contribution is -0.184. The van der Waals surface area contributed by atoms with Crippen molar-refractivity contribution >= 4 is 18.3 Å². The van der Waals surface area contributed by atoms with Crippen LogP contribution in [-0.4, -0.2) is 59.0 Å². The van der Waals surface area contributed by atoms with Gasteiger partial charge in [-0.25, -0.2) is 4.39 Å². The Morgan fingerprint density at radius 2 is 1.56 bits per heavy atom. The molecule has 178 valence electrons. The minimum absolute atomic E-state index is 0.122. The topological polar surface area (TPSA) is 49.4 Å². The Morgan fingerprint density at radius 3 is 2.06 bits per heavy atom. The Hall–Kier alpha value is -1.35. The van der Waals surface area contributed by atoms with Gasteiger partial charge in [0.1, 0.15) is 0 Å². The summed E-state index contributed by atoms with van der Waals surface area (Å²) >= 11 is 0. The Balaban J connectivity index is 1.46. The van der Waals surface area contributed by atoms with E-state index in [0.29, 0.717) is 22.5 Å². The summed E-state index contributed by atoms with van der Waals surface area (Å²) < 4.78 is 44.2. The van der Waals surface area contributed by atoms with E-state index in [4.69, 9.17) is 23.5 Å². The van der Waals surface area contributed by atoms with Crippen molar-refractivity contribution in [2.75, 3.05) is 39.3 Å². The number of methoxy groups -OCH3 is 3. The average molecular weight is 449 g/mol. The third-order valence-corrected chi connectivity index (χ3v) is 8.22. The van der Waals surface area contributed by atoms with Crippen LogP contribution < -0.4 is 15.1 Å². The van der Waals surface area contributed by atoms with Gasteiger partial charge in [-0.05, 0) is 64.9 Å². The molecule has 32 heavy (non-hydrogen) atoms. The first-order valence-electron chi connectivity index (χ1n) is 11.6. The normalized spacial score (nSPS) is 24.3. The van der Waals surface area contributed by atoms with Crippen LogP contribution >= 0.6 is 0 Å². The number of piperidine rings is 1. The lowest BCUT2D eigenvalue weighted by Gasteiger charge is -2.54. The molecular formula is C24H37BFNO5. The van der Waals surface area contributed by atoms with Crippen molar-refractivity contribution in [2.24, 2.45) is 11.3 Å². The highest BCUT2D eigenvalue weighted by atomic mass is 19.1. The van der Waals surface area contributed by atoms with Crippen LogP contribution in [0.3, 0.4) is 0 Å². The van der Waals surface area contributed by atoms with E-state index in [1.165, 1.54) is 7.11 Å². The van der Waals surface area contributed by atoms with Gasteiger partial charge in [0.15, 0.2) is 17.9 Å². The summed E-state index contributed by atoms with van der Waals surface area (Å²) in [7, 11) is 4.24. The summed E-state index contributed by atoms with van der Waals surface area (Å²) in [5.74, 6) is 0.307. The maximum Gasteiger partial charge on any atom is 0.498 e. The molecule has 4 rings (SSSR count). The van der Waals surface area contributed by atoms with Gasteiger partial charge in [0.05, 0.1) is 24.0 Å². The summed E-state index contributed by atoms with van der Waals surface area (Å²) in [6.07, 6.45) is 4.19. The zero-order valence-corrected chi connectivity index (χ0v) is 20.5. The van der Waals surface area contributed by atoms with Crippen LogP contribution in [0.2, 0.25) is 0 Å². The zero-order valence-electron chi connectivity index (χ0n) is 20.5. The van der Waals surface area contributed by atoms with Gasteiger partial charge in [0, 0.05) is 38.7 Å². The number of nitrogens with zero attached hydrogens (tertiary/aromatic N) is 1. The zero-order chi connectivity index (χ0) is 23.3. The fourth-order valence-corrected chi connectivity index (χ4v) is 5.52. The number of halogens is 1. The van der Waals surface area contributed by atoms with E-state index in [1.807, 2.05) is 39.8 Å². The van der Waals surface area contributed by atoms with Crippen molar-refractivity contribution in [1.29, 1.82) is 0 Å². The van der Waals surface area contributed by atoms with Gasteiger partial charge in [0.25, 0.3) is 0 Å². The van der Waals surface area contributed by atoms with Crippen LogP contribution in [0.1, 0.15) is 53.4 Å². The molecule has 1 aliphatic carbocycles. The van der Waals surface area contributed by atoms with Gasteiger partial charge in [-0.3, -0.25) is 0 Å². The fraction of sp³-hybridized carbons (Fsp3) is 0.750. The summed E-state index contributed by atoms with van der Waals surface area (Å²) in [6.45, 7) is 9.60. The van der Waals surface area contributed by atoms with Crippen LogP contribution in [0.5, 0.6) is 5.75 Å². The monoisotopic (exact) mass is 449 g/mol. The molecule has 0 bridgehead atoms. The van der Waals surface area contributed by atoms with E-state index < -0.39 is 18.3 Å². The second-order valence-electron chi connectivity index (χ2n) is 10.6. The molecule has 3 aliphatic rings. The number of rotatable bonds is 6. The molecule has 0 radical (unpaired) electrons. The first-order chi connectivity index (χ1) is 15.1. The van der Waals surface area contributed by atoms with Gasteiger partial charge < -0.3 is 28.4 Å². The van der Waals surface area contributed by atoms with Gasteiger partial charge in [0.2, 0.25) is 0 Å². The van der Waals surface area contributed by atoms with E-state index in [9.17, 15) is 0 Å². The molecule has 2 heterocycles. The molecule has 0 amide bonds. The molecule has 1 spiro atoms. The van der Waals surface area contributed by atoms with Crippen molar-refractivity contribution in [3.8, 4) is 5.75 Å². The van der Waals surface area contributed by atoms with Gasteiger partial charge in [-0.1, -0.05) is 6.07 Å². The minimum atomic E-state index is -0.662. The number of anilines is 1. The third-order valence-electron chi connectivity index (χ3n) is 8.22. The van der Waals surface area contributed by atoms with Crippen LogP contribution in [0.4, 0.5) is 10.1 Å². The van der Waals surface area contributed by atoms with E-state index in [1.54, 1.807) is 14.2 Å². The van der Waals surface area contributed by atoms with Crippen molar-refractivity contribution in [3.05, 3.63) is 17.9 Å². The van der Waals surface area contributed by atoms with Crippen molar-refractivity contribution < 1.29 is 27.9 Å². The maximum atomic E-state index is 15.6. The molecule has 2 saturated heterocycles. The first-order valence-corrected chi connectivity index (χ1v) is 11.6. The average Bonchev–Trinajstić information content (AvgIpc) is 2.95. The summed E-state index contributed by atoms with van der Waals surface area (Å²) in [5, 5.41) is 0. The van der Waals surface area contributed by atoms with E-state index in [-0.39, 0.29) is 17.9 Å². The molecule has 0 N–H and O–H groups in total. The van der Waals surface area contributed by atoms with Crippen LogP contribution in [-0.2, 0) is 18.8 Å². The second kappa shape index (κ2) is 8.46. The Bertz CT molecular complexity index is 812. The predicted octanol–water partition coefficient (Wildman–Crippen LogP) is 3.75. The Morgan fingerprint density at radius 1 is 1.00 bits per heavy atom. The first kappa shape index (κ1) is 23.8. The standard InChI is InChI=1S/C24H37BFNO5/c1-22(2)23(3,4)32-25(31-22)17-8-9-18(19(26)20(17)28-5)27-12-10-24(11-13-27)14-16(15-24)21(29-6)30-7/h8-9,16,21H,10-15H2,1-7H3. The van der Waals surface area contributed by atoms with Gasteiger partial charge >= 0.3 is 7.12 Å². The largest absolute Gasteiger partial charge is 0.498 e. The molecule has 0 unspecified atom stereocenters. The highest BCUT2D eigenvalue weighted by molar-refractivity contribution is 6.63. The molecule has 2 aliphatic heterocycles.